The fourth-order valence-corrected chi connectivity index (χ4v) is 1.52. The van der Waals surface area contributed by atoms with Gasteiger partial charge in [-0.1, -0.05) is 32.1 Å². The average molecular weight is 260 g/mol. The second-order valence-electron chi connectivity index (χ2n) is 5.18. The lowest BCUT2D eigenvalue weighted by Crippen LogP contribution is -2.30. The summed E-state index contributed by atoms with van der Waals surface area (Å²) in [5, 5.41) is 10.1. The molecule has 0 aliphatic rings. The number of aromatic nitrogens is 4. The maximum absolute atomic E-state index is 12.4. The van der Waals surface area contributed by atoms with Crippen molar-refractivity contribution < 1.29 is 9.53 Å². The standard InChI is InChI=1S/C13H16N4O2/c1-13(2,3)12(18)11(9-8-15-17-16-9)19-10-6-4-5-7-14-10/h4-8,11H,1-3H3,(H,15,16,17). The minimum Gasteiger partial charge on any atom is -0.460 e. The SMILES string of the molecule is CC(C)(C)C(=O)C(Oc1ccccn1)c1c[nH]nn1. The lowest BCUT2D eigenvalue weighted by atomic mass is 9.86. The molecular weight excluding hydrogens is 244 g/mol. The fraction of sp³-hybridized carbons (Fsp3) is 0.385. The van der Waals surface area contributed by atoms with Gasteiger partial charge in [-0.05, 0) is 6.07 Å². The monoisotopic (exact) mass is 260 g/mol. The number of aromatic amines is 1. The first-order valence-corrected chi connectivity index (χ1v) is 5.97. The van der Waals surface area contributed by atoms with Crippen LogP contribution in [0.3, 0.4) is 0 Å². The molecule has 0 saturated carbocycles. The van der Waals surface area contributed by atoms with Crippen molar-refractivity contribution in [3.8, 4) is 5.88 Å². The van der Waals surface area contributed by atoms with Gasteiger partial charge in [-0.25, -0.2) is 4.98 Å². The zero-order valence-electron chi connectivity index (χ0n) is 11.1. The summed E-state index contributed by atoms with van der Waals surface area (Å²) in [6, 6.07) is 5.27. The lowest BCUT2D eigenvalue weighted by Gasteiger charge is -2.23. The molecule has 1 atom stereocenters. The molecule has 0 fully saturated rings. The van der Waals surface area contributed by atoms with Gasteiger partial charge in [0.15, 0.2) is 5.78 Å². The Morgan fingerprint density at radius 3 is 2.68 bits per heavy atom. The van der Waals surface area contributed by atoms with E-state index in [0.29, 0.717) is 11.6 Å². The van der Waals surface area contributed by atoms with Crippen LogP contribution in [0.1, 0.15) is 32.6 Å². The maximum atomic E-state index is 12.4. The zero-order chi connectivity index (χ0) is 13.9. The van der Waals surface area contributed by atoms with Gasteiger partial charge in [-0.3, -0.25) is 9.89 Å². The third-order valence-corrected chi connectivity index (χ3v) is 2.56. The first-order valence-electron chi connectivity index (χ1n) is 5.97. The van der Waals surface area contributed by atoms with Gasteiger partial charge in [0.05, 0.1) is 0 Å². The van der Waals surface area contributed by atoms with E-state index in [4.69, 9.17) is 4.74 Å². The molecule has 6 nitrogen and oxygen atoms in total. The molecule has 2 rings (SSSR count). The van der Waals surface area contributed by atoms with E-state index in [-0.39, 0.29) is 5.78 Å². The number of hydrogen-bond acceptors (Lipinski definition) is 5. The van der Waals surface area contributed by atoms with Crippen LogP contribution in [0.25, 0.3) is 0 Å². The van der Waals surface area contributed by atoms with E-state index >= 15 is 0 Å². The summed E-state index contributed by atoms with van der Waals surface area (Å²) < 4.78 is 5.66. The minimum absolute atomic E-state index is 0.0768. The third-order valence-electron chi connectivity index (χ3n) is 2.56. The molecule has 0 radical (unpaired) electrons. The molecule has 0 aromatic carbocycles. The second kappa shape index (κ2) is 5.17. The Morgan fingerprint density at radius 1 is 1.37 bits per heavy atom. The molecular formula is C13H16N4O2. The number of carbonyl (C=O) groups excluding carboxylic acids is 1. The van der Waals surface area contributed by atoms with Crippen LogP contribution in [0.15, 0.2) is 30.6 Å². The van der Waals surface area contributed by atoms with Crippen LogP contribution in [0.4, 0.5) is 0 Å². The van der Waals surface area contributed by atoms with Crippen LogP contribution < -0.4 is 4.74 Å². The Kier molecular flexibility index (Phi) is 3.59. The molecule has 0 bridgehead atoms. The van der Waals surface area contributed by atoms with Crippen molar-refractivity contribution >= 4 is 5.78 Å². The van der Waals surface area contributed by atoms with Gasteiger partial charge < -0.3 is 4.74 Å². The zero-order valence-corrected chi connectivity index (χ0v) is 11.1. The highest BCUT2D eigenvalue weighted by molar-refractivity contribution is 5.88. The van der Waals surface area contributed by atoms with Crippen LogP contribution >= 0.6 is 0 Å². The molecule has 19 heavy (non-hydrogen) atoms. The Labute approximate surface area is 111 Å². The number of carbonyl (C=O) groups is 1. The number of ketones is 1. The number of ether oxygens (including phenoxy) is 1. The van der Waals surface area contributed by atoms with E-state index in [0.717, 1.165) is 0 Å². The van der Waals surface area contributed by atoms with Gasteiger partial charge in [0.2, 0.25) is 12.0 Å². The molecule has 0 amide bonds. The Morgan fingerprint density at radius 2 is 2.16 bits per heavy atom. The van der Waals surface area contributed by atoms with Crippen molar-refractivity contribution in [2.24, 2.45) is 5.41 Å². The summed E-state index contributed by atoms with van der Waals surface area (Å²) in [7, 11) is 0. The Hall–Kier alpha value is -2.24. The van der Waals surface area contributed by atoms with Crippen LogP contribution in [0, 0.1) is 5.41 Å². The molecule has 0 saturated heterocycles. The minimum atomic E-state index is -0.811. The van der Waals surface area contributed by atoms with E-state index in [1.54, 1.807) is 30.6 Å². The smallest absolute Gasteiger partial charge is 0.214 e. The summed E-state index contributed by atoms with van der Waals surface area (Å²) >= 11 is 0. The number of nitrogens with zero attached hydrogens (tertiary/aromatic N) is 3. The van der Waals surface area contributed by atoms with Gasteiger partial charge in [-0.15, -0.1) is 5.10 Å². The van der Waals surface area contributed by atoms with Gasteiger partial charge in [0, 0.05) is 23.9 Å². The Balaban J connectivity index is 2.28. The van der Waals surface area contributed by atoms with E-state index in [1.807, 2.05) is 20.8 Å². The van der Waals surface area contributed by atoms with Crippen LogP contribution in [0.2, 0.25) is 0 Å². The maximum Gasteiger partial charge on any atom is 0.214 e. The van der Waals surface area contributed by atoms with E-state index in [9.17, 15) is 4.79 Å². The summed E-state index contributed by atoms with van der Waals surface area (Å²) in [5.41, 5.74) is -0.0936. The van der Waals surface area contributed by atoms with Crippen molar-refractivity contribution in [2.75, 3.05) is 0 Å². The van der Waals surface area contributed by atoms with Gasteiger partial charge in [0.25, 0.3) is 0 Å². The van der Waals surface area contributed by atoms with Crippen LogP contribution in [0.5, 0.6) is 5.88 Å². The molecule has 2 aromatic heterocycles. The Bertz CT molecular complexity index is 532. The average Bonchev–Trinajstić information content (AvgIpc) is 2.89. The highest BCUT2D eigenvalue weighted by Gasteiger charge is 2.34. The summed E-state index contributed by atoms with van der Waals surface area (Å²) in [6.07, 6.45) is 2.35. The van der Waals surface area contributed by atoms with E-state index < -0.39 is 11.5 Å². The molecule has 6 heteroatoms. The number of nitrogens with one attached hydrogen (secondary N) is 1. The van der Waals surface area contributed by atoms with Crippen LogP contribution in [-0.2, 0) is 4.79 Å². The summed E-state index contributed by atoms with van der Waals surface area (Å²) in [6.45, 7) is 5.51. The molecule has 100 valence electrons. The van der Waals surface area contributed by atoms with Crippen molar-refractivity contribution in [3.05, 3.63) is 36.3 Å². The number of H-pyrrole nitrogens is 1. The summed E-state index contributed by atoms with van der Waals surface area (Å²) in [4.78, 5) is 16.5. The molecule has 1 N–H and O–H groups in total. The largest absolute Gasteiger partial charge is 0.460 e. The molecule has 0 aliphatic carbocycles. The van der Waals surface area contributed by atoms with Gasteiger partial charge >= 0.3 is 0 Å². The van der Waals surface area contributed by atoms with Gasteiger partial charge in [-0.2, -0.15) is 0 Å². The number of pyridine rings is 1. The molecule has 1 unspecified atom stereocenters. The number of hydrogen-bond donors (Lipinski definition) is 1. The fourth-order valence-electron chi connectivity index (χ4n) is 1.52. The van der Waals surface area contributed by atoms with Crippen molar-refractivity contribution in [1.29, 1.82) is 0 Å². The summed E-state index contributed by atoms with van der Waals surface area (Å²) in [5.74, 6) is 0.306. The lowest BCUT2D eigenvalue weighted by molar-refractivity contribution is -0.134. The third kappa shape index (κ3) is 3.15. The first kappa shape index (κ1) is 13.2. The van der Waals surface area contributed by atoms with Crippen molar-refractivity contribution in [3.63, 3.8) is 0 Å². The van der Waals surface area contributed by atoms with Gasteiger partial charge in [0.1, 0.15) is 5.69 Å². The van der Waals surface area contributed by atoms with E-state index in [1.165, 1.54) is 0 Å². The quantitative estimate of drug-likeness (QED) is 0.908. The molecule has 0 aliphatic heterocycles. The molecule has 2 heterocycles. The second-order valence-corrected chi connectivity index (χ2v) is 5.18. The highest BCUT2D eigenvalue weighted by atomic mass is 16.5. The number of rotatable bonds is 4. The molecule has 2 aromatic rings. The highest BCUT2D eigenvalue weighted by Crippen LogP contribution is 2.27. The predicted molar refractivity (Wildman–Crippen MR) is 68.5 cm³/mol. The normalized spacial score (nSPS) is 13.0. The van der Waals surface area contributed by atoms with Crippen LogP contribution in [-0.4, -0.2) is 26.2 Å². The predicted octanol–water partition coefficient (Wildman–Crippen LogP) is 1.93. The topological polar surface area (TPSA) is 80.8 Å². The van der Waals surface area contributed by atoms with E-state index in [2.05, 4.69) is 20.4 Å². The molecule has 0 spiro atoms. The van der Waals surface area contributed by atoms with Crippen molar-refractivity contribution in [1.82, 2.24) is 20.4 Å². The first-order chi connectivity index (χ1) is 8.98. The number of Topliss-reactive ketones (excluding diaryl/α,β-unsaturated/α-hetero) is 1. The van der Waals surface area contributed by atoms with Crippen molar-refractivity contribution in [2.45, 2.75) is 26.9 Å².